The lowest BCUT2D eigenvalue weighted by Crippen LogP contribution is -2.16. The van der Waals surface area contributed by atoms with Gasteiger partial charge in [-0.15, -0.1) is 13.2 Å². The lowest BCUT2D eigenvalue weighted by Gasteiger charge is -2.10. The molecule has 0 saturated heterocycles. The highest BCUT2D eigenvalue weighted by molar-refractivity contribution is 5.88. The molecule has 0 atom stereocenters. The first-order chi connectivity index (χ1) is 12.8. The zero-order valence-corrected chi connectivity index (χ0v) is 13.7. The molecule has 0 unspecified atom stereocenters. The van der Waals surface area contributed by atoms with Gasteiger partial charge in [-0.1, -0.05) is 6.07 Å². The van der Waals surface area contributed by atoms with Gasteiger partial charge in [-0.25, -0.2) is 9.78 Å². The lowest BCUT2D eigenvalue weighted by atomic mass is 10.1. The quantitative estimate of drug-likeness (QED) is 0.651. The van der Waals surface area contributed by atoms with Gasteiger partial charge in [0.05, 0.1) is 11.3 Å². The Morgan fingerprint density at radius 2 is 1.63 bits per heavy atom. The van der Waals surface area contributed by atoms with Crippen LogP contribution in [0.15, 0.2) is 66.7 Å². The maximum Gasteiger partial charge on any atom is 0.573 e. The second kappa shape index (κ2) is 7.36. The van der Waals surface area contributed by atoms with Crippen LogP contribution in [0, 0.1) is 0 Å². The molecule has 2 aromatic carbocycles. The Morgan fingerprint density at radius 1 is 0.963 bits per heavy atom. The fourth-order valence-corrected chi connectivity index (χ4v) is 2.34. The highest BCUT2D eigenvalue weighted by Gasteiger charge is 2.30. The van der Waals surface area contributed by atoms with Crippen molar-refractivity contribution in [3.05, 3.63) is 72.3 Å². The van der Waals surface area contributed by atoms with Crippen molar-refractivity contribution >= 4 is 17.5 Å². The predicted octanol–water partition coefficient (Wildman–Crippen LogP) is 5.09. The molecule has 5 nitrogen and oxygen atoms in total. The Balaban J connectivity index is 1.76. The summed E-state index contributed by atoms with van der Waals surface area (Å²) < 4.78 is 40.5. The normalized spacial score (nSPS) is 11.1. The Bertz CT molecular complexity index is 940. The van der Waals surface area contributed by atoms with Crippen molar-refractivity contribution in [3.8, 4) is 17.0 Å². The highest BCUT2D eigenvalue weighted by Crippen LogP contribution is 2.26. The summed E-state index contributed by atoms with van der Waals surface area (Å²) in [6.07, 6.45) is -4.74. The minimum Gasteiger partial charge on any atom is -0.478 e. The number of anilines is 2. The molecule has 0 bridgehead atoms. The van der Waals surface area contributed by atoms with E-state index in [2.05, 4.69) is 15.0 Å². The number of carbonyl (C=O) groups is 1. The molecule has 138 valence electrons. The molecule has 0 radical (unpaired) electrons. The van der Waals surface area contributed by atoms with Crippen LogP contribution in [0.4, 0.5) is 24.7 Å². The molecule has 0 aliphatic rings. The van der Waals surface area contributed by atoms with E-state index in [-0.39, 0.29) is 11.3 Å². The Labute approximate surface area is 152 Å². The summed E-state index contributed by atoms with van der Waals surface area (Å²) in [5.41, 5.74) is 2.00. The van der Waals surface area contributed by atoms with E-state index in [4.69, 9.17) is 5.11 Å². The van der Waals surface area contributed by atoms with Gasteiger partial charge in [0.15, 0.2) is 0 Å². The van der Waals surface area contributed by atoms with Gasteiger partial charge in [0.1, 0.15) is 11.6 Å². The van der Waals surface area contributed by atoms with Crippen molar-refractivity contribution in [2.75, 3.05) is 5.32 Å². The fraction of sp³-hybridized carbons (Fsp3) is 0.0526. The van der Waals surface area contributed by atoms with Gasteiger partial charge < -0.3 is 15.2 Å². The molecule has 27 heavy (non-hydrogen) atoms. The van der Waals surface area contributed by atoms with E-state index >= 15 is 0 Å². The van der Waals surface area contributed by atoms with Crippen molar-refractivity contribution in [3.63, 3.8) is 0 Å². The SMILES string of the molecule is O=C(O)c1ccc(Nc2cccc(-c3ccc(OC(F)(F)F)cc3)n2)cc1. The molecular weight excluding hydrogens is 361 g/mol. The number of rotatable bonds is 5. The fourth-order valence-electron chi connectivity index (χ4n) is 2.34. The van der Waals surface area contributed by atoms with E-state index in [0.717, 1.165) is 0 Å². The number of pyridine rings is 1. The maximum absolute atomic E-state index is 12.2. The molecule has 1 aromatic heterocycles. The molecular formula is C19H13F3N2O3. The molecule has 8 heteroatoms. The average Bonchev–Trinajstić information content (AvgIpc) is 2.62. The number of halogens is 3. The number of hydrogen-bond acceptors (Lipinski definition) is 4. The van der Waals surface area contributed by atoms with Gasteiger partial charge >= 0.3 is 12.3 Å². The number of alkyl halides is 3. The molecule has 0 amide bonds. The molecule has 2 N–H and O–H groups in total. The second-order valence-electron chi connectivity index (χ2n) is 5.49. The maximum atomic E-state index is 12.2. The Kier molecular flexibility index (Phi) is 4.98. The average molecular weight is 374 g/mol. The van der Waals surface area contributed by atoms with Crippen molar-refractivity contribution < 1.29 is 27.8 Å². The lowest BCUT2D eigenvalue weighted by molar-refractivity contribution is -0.274. The molecule has 1 heterocycles. The van der Waals surface area contributed by atoms with Crippen LogP contribution in [-0.2, 0) is 0 Å². The predicted molar refractivity (Wildman–Crippen MR) is 93.0 cm³/mol. The van der Waals surface area contributed by atoms with Crippen molar-refractivity contribution in [1.29, 1.82) is 0 Å². The van der Waals surface area contributed by atoms with Crippen LogP contribution in [0.3, 0.4) is 0 Å². The zero-order valence-electron chi connectivity index (χ0n) is 13.7. The molecule has 3 aromatic rings. The number of carboxylic acids is 1. The summed E-state index contributed by atoms with van der Waals surface area (Å²) in [5.74, 6) is -0.815. The van der Waals surface area contributed by atoms with E-state index < -0.39 is 12.3 Å². The van der Waals surface area contributed by atoms with Gasteiger partial charge in [-0.05, 0) is 60.7 Å². The summed E-state index contributed by atoms with van der Waals surface area (Å²) in [6.45, 7) is 0. The van der Waals surface area contributed by atoms with Crippen LogP contribution in [0.2, 0.25) is 0 Å². The van der Waals surface area contributed by atoms with E-state index in [1.807, 2.05) is 0 Å². The van der Waals surface area contributed by atoms with Crippen LogP contribution in [0.1, 0.15) is 10.4 Å². The molecule has 0 saturated carbocycles. The Hall–Kier alpha value is -3.55. The van der Waals surface area contributed by atoms with Crippen LogP contribution in [0.5, 0.6) is 5.75 Å². The number of carboxylic acid groups (broad SMARTS) is 1. The first kappa shape index (κ1) is 18.2. The zero-order chi connectivity index (χ0) is 19.4. The summed E-state index contributed by atoms with van der Waals surface area (Å²) >= 11 is 0. The number of nitrogens with zero attached hydrogens (tertiary/aromatic N) is 1. The number of nitrogens with one attached hydrogen (secondary N) is 1. The van der Waals surface area contributed by atoms with E-state index in [0.29, 0.717) is 22.8 Å². The van der Waals surface area contributed by atoms with E-state index in [1.54, 1.807) is 30.3 Å². The number of benzene rings is 2. The minimum atomic E-state index is -4.74. The minimum absolute atomic E-state index is 0.170. The molecule has 0 fully saturated rings. The van der Waals surface area contributed by atoms with Gasteiger partial charge in [0.25, 0.3) is 0 Å². The third-order valence-electron chi connectivity index (χ3n) is 3.54. The first-order valence-electron chi connectivity index (χ1n) is 7.74. The van der Waals surface area contributed by atoms with Crippen LogP contribution in [-0.4, -0.2) is 22.4 Å². The number of aromatic nitrogens is 1. The van der Waals surface area contributed by atoms with Gasteiger partial charge in [0.2, 0.25) is 0 Å². The summed E-state index contributed by atoms with van der Waals surface area (Å²) in [7, 11) is 0. The summed E-state index contributed by atoms with van der Waals surface area (Å²) in [6, 6.07) is 16.7. The van der Waals surface area contributed by atoms with Gasteiger partial charge in [-0.2, -0.15) is 0 Å². The molecule has 0 aliphatic heterocycles. The number of hydrogen-bond donors (Lipinski definition) is 2. The molecule has 0 aliphatic carbocycles. The molecule has 3 rings (SSSR count). The van der Waals surface area contributed by atoms with E-state index in [1.165, 1.54) is 36.4 Å². The molecule has 0 spiro atoms. The smallest absolute Gasteiger partial charge is 0.478 e. The van der Waals surface area contributed by atoms with Crippen LogP contribution >= 0.6 is 0 Å². The first-order valence-corrected chi connectivity index (χ1v) is 7.74. The van der Waals surface area contributed by atoms with Crippen molar-refractivity contribution in [1.82, 2.24) is 4.98 Å². The Morgan fingerprint density at radius 3 is 2.22 bits per heavy atom. The van der Waals surface area contributed by atoms with Crippen LogP contribution < -0.4 is 10.1 Å². The second-order valence-corrected chi connectivity index (χ2v) is 5.49. The monoisotopic (exact) mass is 374 g/mol. The third-order valence-corrected chi connectivity index (χ3v) is 3.54. The highest BCUT2D eigenvalue weighted by atomic mass is 19.4. The third kappa shape index (κ3) is 4.97. The number of ether oxygens (including phenoxy) is 1. The van der Waals surface area contributed by atoms with Crippen molar-refractivity contribution in [2.24, 2.45) is 0 Å². The van der Waals surface area contributed by atoms with Gasteiger partial charge in [0, 0.05) is 11.3 Å². The summed E-state index contributed by atoms with van der Waals surface area (Å²) in [5, 5.41) is 12.0. The van der Waals surface area contributed by atoms with E-state index in [9.17, 15) is 18.0 Å². The largest absolute Gasteiger partial charge is 0.573 e. The number of aromatic carboxylic acids is 1. The summed E-state index contributed by atoms with van der Waals surface area (Å²) in [4.78, 5) is 15.3. The van der Waals surface area contributed by atoms with Gasteiger partial charge in [-0.3, -0.25) is 0 Å². The standard InChI is InChI=1S/C19H13F3N2O3/c20-19(21,22)27-15-10-6-12(7-11-15)16-2-1-3-17(24-16)23-14-8-4-13(5-9-14)18(25)26/h1-11H,(H,23,24)(H,25,26). The van der Waals surface area contributed by atoms with Crippen molar-refractivity contribution in [2.45, 2.75) is 6.36 Å². The topological polar surface area (TPSA) is 71.5 Å². The van der Waals surface area contributed by atoms with Crippen LogP contribution in [0.25, 0.3) is 11.3 Å².